The van der Waals surface area contributed by atoms with Gasteiger partial charge in [-0.2, -0.15) is 5.26 Å². The van der Waals surface area contributed by atoms with E-state index in [0.717, 1.165) is 22.6 Å². The number of nitrogens with one attached hydrogen (secondary N) is 1. The molecule has 0 spiro atoms. The van der Waals surface area contributed by atoms with Crippen LogP contribution in [0.1, 0.15) is 15.2 Å². The lowest BCUT2D eigenvalue weighted by Gasteiger charge is -2.16. The van der Waals surface area contributed by atoms with Crippen molar-refractivity contribution in [3.8, 4) is 51.5 Å². The van der Waals surface area contributed by atoms with E-state index in [2.05, 4.69) is 21.4 Å². The Morgan fingerprint density at radius 3 is 2.22 bits per heavy atom. The van der Waals surface area contributed by atoms with Gasteiger partial charge < -0.3 is 30.4 Å². The number of nitrogen functional groups attached to an aromatic ring is 2. The molecule has 0 saturated heterocycles. The molecule has 3 aromatic heterocycles. The summed E-state index contributed by atoms with van der Waals surface area (Å²) in [7, 11) is 6.07. The van der Waals surface area contributed by atoms with Gasteiger partial charge in [-0.3, -0.25) is 10.1 Å². The number of benzene rings is 2. The minimum Gasteiger partial charge on any atom is -0.497 e. The number of nitriles is 1. The summed E-state index contributed by atoms with van der Waals surface area (Å²) >= 11 is 2.35. The fourth-order valence-electron chi connectivity index (χ4n) is 4.35. The van der Waals surface area contributed by atoms with Gasteiger partial charge in [0.2, 0.25) is 5.75 Å². The number of nitrogens with zero attached hydrogens (tertiary/aromatic N) is 3. The fraction of sp³-hybridized carbons (Fsp3) is 0.143. The van der Waals surface area contributed by atoms with Crippen LogP contribution >= 0.6 is 22.7 Å². The fourth-order valence-corrected chi connectivity index (χ4v) is 6.07. The van der Waals surface area contributed by atoms with E-state index in [4.69, 9.17) is 30.4 Å². The van der Waals surface area contributed by atoms with E-state index in [9.17, 15) is 10.1 Å². The van der Waals surface area contributed by atoms with Crippen molar-refractivity contribution in [1.82, 2.24) is 9.97 Å². The molecule has 1 amide bonds. The number of thiazole rings is 1. The predicted molar refractivity (Wildman–Crippen MR) is 160 cm³/mol. The molecule has 0 aliphatic carbocycles. The van der Waals surface area contributed by atoms with E-state index in [1.807, 2.05) is 29.6 Å². The van der Waals surface area contributed by atoms with Gasteiger partial charge >= 0.3 is 0 Å². The predicted octanol–water partition coefficient (Wildman–Crippen LogP) is 5.41. The lowest BCUT2D eigenvalue weighted by atomic mass is 9.96. The molecule has 5 rings (SSSR count). The van der Waals surface area contributed by atoms with Gasteiger partial charge in [-0.1, -0.05) is 0 Å². The minimum absolute atomic E-state index is 0.000941. The highest BCUT2D eigenvalue weighted by Crippen LogP contribution is 2.47. The van der Waals surface area contributed by atoms with E-state index in [-0.39, 0.29) is 21.9 Å². The number of hydrogen-bond donors (Lipinski definition) is 3. The van der Waals surface area contributed by atoms with Crippen LogP contribution < -0.4 is 35.7 Å². The van der Waals surface area contributed by atoms with Crippen molar-refractivity contribution in [3.05, 3.63) is 52.2 Å². The zero-order chi connectivity index (χ0) is 29.3. The molecular formula is C28H24N6O5S2. The van der Waals surface area contributed by atoms with Gasteiger partial charge in [0.15, 0.2) is 16.6 Å². The van der Waals surface area contributed by atoms with E-state index in [0.29, 0.717) is 49.4 Å². The van der Waals surface area contributed by atoms with Crippen molar-refractivity contribution < 1.29 is 23.7 Å². The Morgan fingerprint density at radius 2 is 1.63 bits per heavy atom. The summed E-state index contributed by atoms with van der Waals surface area (Å²) in [6, 6.07) is 12.9. The number of pyridine rings is 1. The van der Waals surface area contributed by atoms with Gasteiger partial charge in [-0.05, 0) is 42.0 Å². The first kappa shape index (κ1) is 27.5. The number of amides is 1. The molecule has 208 valence electrons. The van der Waals surface area contributed by atoms with Crippen molar-refractivity contribution in [3.63, 3.8) is 0 Å². The molecule has 0 aliphatic rings. The molecule has 41 heavy (non-hydrogen) atoms. The Labute approximate surface area is 242 Å². The summed E-state index contributed by atoms with van der Waals surface area (Å²) in [4.78, 5) is 22.9. The minimum atomic E-state index is -0.464. The zero-order valence-corrected chi connectivity index (χ0v) is 24.0. The van der Waals surface area contributed by atoms with E-state index in [1.54, 1.807) is 19.2 Å². The third kappa shape index (κ3) is 4.90. The quantitative estimate of drug-likeness (QED) is 0.213. The van der Waals surface area contributed by atoms with Crippen molar-refractivity contribution in [2.24, 2.45) is 0 Å². The molecular weight excluding hydrogens is 564 g/mol. The van der Waals surface area contributed by atoms with Crippen LogP contribution in [0.3, 0.4) is 0 Å². The SMILES string of the molecule is COc1ccc(-c2csc(NC(=O)c3sc4nc(N)c(C#N)c(-c5cc(OC)c(OC)c(OC)c5)c4c3N)n2)cc1. The van der Waals surface area contributed by atoms with Gasteiger partial charge in [0.1, 0.15) is 32.9 Å². The second kappa shape index (κ2) is 11.2. The van der Waals surface area contributed by atoms with Gasteiger partial charge in [-0.25, -0.2) is 9.97 Å². The number of nitrogens with two attached hydrogens (primary N) is 2. The Balaban J connectivity index is 1.57. The van der Waals surface area contributed by atoms with Crippen LogP contribution in [0.4, 0.5) is 16.6 Å². The molecule has 0 aliphatic heterocycles. The maximum absolute atomic E-state index is 13.4. The topological polar surface area (TPSA) is 168 Å². The van der Waals surface area contributed by atoms with Crippen molar-refractivity contribution in [2.45, 2.75) is 0 Å². The summed E-state index contributed by atoms with van der Waals surface area (Å²) in [6.07, 6.45) is 0. The van der Waals surface area contributed by atoms with Gasteiger partial charge in [0, 0.05) is 21.9 Å². The molecule has 5 aromatic rings. The molecule has 2 aromatic carbocycles. The molecule has 3 heterocycles. The summed E-state index contributed by atoms with van der Waals surface area (Å²) in [5.41, 5.74) is 15.5. The second-order valence-electron chi connectivity index (χ2n) is 8.52. The average molecular weight is 589 g/mol. The summed E-state index contributed by atoms with van der Waals surface area (Å²) in [5.74, 6) is 1.40. The van der Waals surface area contributed by atoms with Gasteiger partial charge in [0.25, 0.3) is 5.91 Å². The number of anilines is 3. The second-order valence-corrected chi connectivity index (χ2v) is 10.4. The normalized spacial score (nSPS) is 10.7. The highest BCUT2D eigenvalue weighted by atomic mass is 32.1. The molecule has 0 radical (unpaired) electrons. The first-order chi connectivity index (χ1) is 19.8. The smallest absolute Gasteiger partial charge is 0.269 e. The summed E-state index contributed by atoms with van der Waals surface area (Å²) in [6.45, 7) is 0. The Morgan fingerprint density at radius 1 is 0.951 bits per heavy atom. The molecule has 0 bridgehead atoms. The Bertz CT molecular complexity index is 1800. The number of methoxy groups -OCH3 is 4. The Hall–Kier alpha value is -5.06. The molecule has 0 fully saturated rings. The van der Waals surface area contributed by atoms with Gasteiger partial charge in [-0.15, -0.1) is 22.7 Å². The highest BCUT2D eigenvalue weighted by molar-refractivity contribution is 7.21. The molecule has 13 heteroatoms. The first-order valence-electron chi connectivity index (χ1n) is 12.0. The number of ether oxygens (including phenoxy) is 4. The highest BCUT2D eigenvalue weighted by Gasteiger charge is 2.26. The first-order valence-corrected chi connectivity index (χ1v) is 13.7. The third-order valence-corrected chi connectivity index (χ3v) is 8.14. The molecule has 0 unspecified atom stereocenters. The van der Waals surface area contributed by atoms with E-state index >= 15 is 0 Å². The van der Waals surface area contributed by atoms with Crippen LogP contribution in [-0.2, 0) is 0 Å². The number of hydrogen-bond acceptors (Lipinski definition) is 12. The van der Waals surface area contributed by atoms with Crippen LogP contribution in [-0.4, -0.2) is 44.3 Å². The molecule has 11 nitrogen and oxygen atoms in total. The third-order valence-electron chi connectivity index (χ3n) is 6.29. The number of rotatable bonds is 8. The van der Waals surface area contributed by atoms with Crippen molar-refractivity contribution >= 4 is 55.4 Å². The van der Waals surface area contributed by atoms with Crippen LogP contribution in [0.25, 0.3) is 32.6 Å². The van der Waals surface area contributed by atoms with Crippen LogP contribution in [0.5, 0.6) is 23.0 Å². The van der Waals surface area contributed by atoms with Crippen LogP contribution in [0, 0.1) is 11.3 Å². The Kier molecular flexibility index (Phi) is 7.52. The van der Waals surface area contributed by atoms with E-state index < -0.39 is 5.91 Å². The molecule has 0 saturated carbocycles. The maximum atomic E-state index is 13.4. The zero-order valence-electron chi connectivity index (χ0n) is 22.4. The largest absolute Gasteiger partial charge is 0.497 e. The standard InChI is InChI=1S/C28H24N6O5S2/c1-36-15-7-5-13(6-8-15)17-12-40-28(32-17)34-26(35)24-22(30)21-20(16(11-29)25(31)33-27(21)41-24)14-9-18(37-2)23(39-4)19(10-14)38-3/h5-10,12H,30H2,1-4H3,(H2,31,33)(H,32,34,35). The summed E-state index contributed by atoms with van der Waals surface area (Å²) < 4.78 is 21.6. The van der Waals surface area contributed by atoms with Crippen molar-refractivity contribution in [2.75, 3.05) is 45.2 Å². The number of carbonyl (C=O) groups excluding carboxylic acids is 1. The van der Waals surface area contributed by atoms with Crippen LogP contribution in [0.15, 0.2) is 41.8 Å². The van der Waals surface area contributed by atoms with E-state index in [1.165, 1.54) is 32.7 Å². The molecule has 5 N–H and O–H groups in total. The number of thiophene rings is 1. The average Bonchev–Trinajstić information content (AvgIpc) is 3.59. The maximum Gasteiger partial charge on any atom is 0.269 e. The lowest BCUT2D eigenvalue weighted by molar-refractivity contribution is 0.103. The number of carbonyl (C=O) groups is 1. The number of fused-ring (bicyclic) bond motifs is 1. The monoisotopic (exact) mass is 588 g/mol. The lowest BCUT2D eigenvalue weighted by Crippen LogP contribution is -2.11. The van der Waals surface area contributed by atoms with Crippen molar-refractivity contribution in [1.29, 1.82) is 5.26 Å². The molecule has 0 atom stereocenters. The van der Waals surface area contributed by atoms with Crippen LogP contribution in [0.2, 0.25) is 0 Å². The number of aromatic nitrogens is 2. The summed E-state index contributed by atoms with van der Waals surface area (Å²) in [5, 5.41) is 15.5. The van der Waals surface area contributed by atoms with Gasteiger partial charge in [0.05, 0.1) is 39.8 Å².